The number of nitrogens with one attached hydrogen (secondary N) is 2. The molecule has 2 atom stereocenters. The minimum Gasteiger partial charge on any atom is -0.390 e. The van der Waals surface area contributed by atoms with Crippen molar-refractivity contribution in [2.24, 2.45) is 0 Å². The van der Waals surface area contributed by atoms with Gasteiger partial charge >= 0.3 is 0 Å². The molecule has 0 fully saturated rings. The van der Waals surface area contributed by atoms with E-state index in [0.717, 1.165) is 35.1 Å². The van der Waals surface area contributed by atoms with Crippen molar-refractivity contribution in [3.63, 3.8) is 0 Å². The molecule has 0 saturated heterocycles. The predicted molar refractivity (Wildman–Crippen MR) is 147 cm³/mol. The number of aliphatic hydroxyl groups excluding tert-OH is 1. The third-order valence-electron chi connectivity index (χ3n) is 6.15. The van der Waals surface area contributed by atoms with E-state index in [1.165, 1.54) is 17.7 Å². The number of aryl methyl sites for hydroxylation is 1. The van der Waals surface area contributed by atoms with Crippen LogP contribution in [0.3, 0.4) is 0 Å². The summed E-state index contributed by atoms with van der Waals surface area (Å²) in [6.07, 6.45) is -0.144. The summed E-state index contributed by atoms with van der Waals surface area (Å²) in [7, 11) is 0. The van der Waals surface area contributed by atoms with E-state index < -0.39 is 29.7 Å². The summed E-state index contributed by atoms with van der Waals surface area (Å²) < 4.78 is 31.9. The maximum Gasteiger partial charge on any atom is 0.256 e. The number of halogens is 3. The zero-order valence-electron chi connectivity index (χ0n) is 20.8. The first-order valence-electron chi connectivity index (χ1n) is 12.3. The van der Waals surface area contributed by atoms with E-state index in [2.05, 4.69) is 34.1 Å². The molecule has 4 rings (SSSR count). The smallest absolute Gasteiger partial charge is 0.256 e. The molecular formula is C29H28ClF2N3O2S. The summed E-state index contributed by atoms with van der Waals surface area (Å²) in [6, 6.07) is 19.7. The van der Waals surface area contributed by atoms with Crippen LogP contribution in [0.25, 0.3) is 10.4 Å². The molecule has 0 unspecified atom stereocenters. The van der Waals surface area contributed by atoms with Gasteiger partial charge in [0.05, 0.1) is 22.6 Å². The highest BCUT2D eigenvalue weighted by molar-refractivity contribution is 7.10. The summed E-state index contributed by atoms with van der Waals surface area (Å²) in [6.45, 7) is 2.73. The van der Waals surface area contributed by atoms with E-state index in [9.17, 15) is 18.7 Å². The fraction of sp³-hybridized carbons (Fsp3) is 0.241. The molecule has 1 heterocycles. The molecule has 0 radical (unpaired) electrons. The minimum absolute atomic E-state index is 0.00441. The lowest BCUT2D eigenvalue weighted by Gasteiger charge is -2.25. The van der Waals surface area contributed by atoms with Gasteiger partial charge < -0.3 is 15.7 Å². The summed E-state index contributed by atoms with van der Waals surface area (Å²) in [5, 5.41) is 17.2. The Balaban J connectivity index is 1.53. The number of nitrogens with zero attached hydrogens (tertiary/aromatic N) is 1. The van der Waals surface area contributed by atoms with E-state index in [4.69, 9.17) is 11.6 Å². The average molecular weight is 556 g/mol. The zero-order valence-corrected chi connectivity index (χ0v) is 22.3. The number of carbonyl (C=O) groups is 1. The van der Waals surface area contributed by atoms with Gasteiger partial charge in [0.15, 0.2) is 5.15 Å². The number of aliphatic hydroxyl groups is 1. The second kappa shape index (κ2) is 13.1. The summed E-state index contributed by atoms with van der Waals surface area (Å²) in [4.78, 5) is 14.0. The summed E-state index contributed by atoms with van der Waals surface area (Å²) >= 11 is 7.39. The monoisotopic (exact) mass is 555 g/mol. The molecule has 9 heteroatoms. The molecule has 4 aromatic rings. The molecule has 0 bridgehead atoms. The number of rotatable bonds is 11. The van der Waals surface area contributed by atoms with Gasteiger partial charge in [-0.05, 0) is 58.8 Å². The van der Waals surface area contributed by atoms with Gasteiger partial charge in [0.2, 0.25) is 0 Å². The van der Waals surface area contributed by atoms with Crippen molar-refractivity contribution in [2.75, 3.05) is 6.54 Å². The molecule has 0 aliphatic rings. The van der Waals surface area contributed by atoms with Gasteiger partial charge in [0.1, 0.15) is 11.6 Å². The second-order valence-electron chi connectivity index (χ2n) is 8.98. The van der Waals surface area contributed by atoms with Crippen LogP contribution in [0.4, 0.5) is 8.78 Å². The molecular weight excluding hydrogens is 528 g/mol. The van der Waals surface area contributed by atoms with Crippen molar-refractivity contribution in [1.82, 2.24) is 15.0 Å². The lowest BCUT2D eigenvalue weighted by atomic mass is 9.99. The Bertz CT molecular complexity index is 1360. The van der Waals surface area contributed by atoms with Crippen LogP contribution in [0, 0.1) is 11.6 Å². The summed E-state index contributed by atoms with van der Waals surface area (Å²) in [5.41, 5.74) is 3.55. The van der Waals surface area contributed by atoms with Crippen molar-refractivity contribution in [3.05, 3.63) is 112 Å². The Labute approximate surface area is 229 Å². The SMILES string of the molecule is CCc1cccc(CNC[C@H](O)[C@@H](Cc2cc(F)cc(F)c2)NC(=O)c2c(Cl)nsc2-c2ccccc2)c1. The first-order valence-corrected chi connectivity index (χ1v) is 13.4. The van der Waals surface area contributed by atoms with E-state index in [-0.39, 0.29) is 23.7 Å². The molecule has 0 saturated carbocycles. The van der Waals surface area contributed by atoms with Gasteiger partial charge in [-0.2, -0.15) is 4.37 Å². The number of amides is 1. The maximum atomic E-state index is 13.9. The number of hydrogen-bond donors (Lipinski definition) is 3. The van der Waals surface area contributed by atoms with E-state index in [1.807, 2.05) is 42.5 Å². The van der Waals surface area contributed by atoms with Crippen LogP contribution in [0.15, 0.2) is 72.8 Å². The van der Waals surface area contributed by atoms with Gasteiger partial charge in [0, 0.05) is 19.2 Å². The lowest BCUT2D eigenvalue weighted by Crippen LogP contribution is -2.48. The van der Waals surface area contributed by atoms with Crippen molar-refractivity contribution < 1.29 is 18.7 Å². The molecule has 3 aromatic carbocycles. The van der Waals surface area contributed by atoms with Gasteiger partial charge in [-0.3, -0.25) is 4.79 Å². The number of hydrogen-bond acceptors (Lipinski definition) is 5. The number of benzene rings is 3. The van der Waals surface area contributed by atoms with Crippen molar-refractivity contribution >= 4 is 29.0 Å². The first kappa shape index (κ1) is 27.9. The Morgan fingerprint density at radius 1 is 1.00 bits per heavy atom. The molecule has 38 heavy (non-hydrogen) atoms. The molecule has 0 aliphatic carbocycles. The highest BCUT2D eigenvalue weighted by atomic mass is 35.5. The van der Waals surface area contributed by atoms with Gasteiger partial charge in [-0.15, -0.1) is 0 Å². The Kier molecular flexibility index (Phi) is 9.58. The minimum atomic E-state index is -1.06. The number of aromatic nitrogens is 1. The fourth-order valence-electron chi connectivity index (χ4n) is 4.23. The van der Waals surface area contributed by atoms with Crippen LogP contribution in [-0.4, -0.2) is 34.1 Å². The van der Waals surface area contributed by atoms with Crippen molar-refractivity contribution in [1.29, 1.82) is 0 Å². The average Bonchev–Trinajstić information content (AvgIpc) is 3.29. The Morgan fingerprint density at radius 2 is 1.71 bits per heavy atom. The van der Waals surface area contributed by atoms with Crippen LogP contribution in [-0.2, 0) is 19.4 Å². The topological polar surface area (TPSA) is 74.2 Å². The highest BCUT2D eigenvalue weighted by Gasteiger charge is 2.27. The normalized spacial score (nSPS) is 12.8. The van der Waals surface area contributed by atoms with Crippen LogP contribution >= 0.6 is 23.1 Å². The molecule has 1 aromatic heterocycles. The highest BCUT2D eigenvalue weighted by Crippen LogP contribution is 2.33. The third-order valence-corrected chi connectivity index (χ3v) is 7.42. The third kappa shape index (κ3) is 7.23. The second-order valence-corrected chi connectivity index (χ2v) is 10.1. The zero-order chi connectivity index (χ0) is 27.1. The van der Waals surface area contributed by atoms with Crippen LogP contribution in [0.2, 0.25) is 5.15 Å². The van der Waals surface area contributed by atoms with Crippen molar-refractivity contribution in [3.8, 4) is 10.4 Å². The van der Waals surface area contributed by atoms with Crippen LogP contribution in [0.1, 0.15) is 34.0 Å². The Morgan fingerprint density at radius 3 is 2.42 bits per heavy atom. The van der Waals surface area contributed by atoms with E-state index >= 15 is 0 Å². The molecule has 0 spiro atoms. The standard InChI is InChI=1S/C29H28ClF2N3O2S/c1-2-18-7-6-8-19(11-18)16-33-17-25(36)24(14-20-12-22(31)15-23(32)13-20)34-29(37)26-27(38-35-28(26)30)21-9-4-3-5-10-21/h3-13,15,24-25,33,36H,2,14,16-17H2,1H3,(H,34,37)/t24-,25+/m1/s1. The molecule has 1 amide bonds. The van der Waals surface area contributed by atoms with E-state index in [1.54, 1.807) is 0 Å². The Hall–Kier alpha value is -3.17. The molecule has 0 aliphatic heterocycles. The quantitative estimate of drug-likeness (QED) is 0.219. The largest absolute Gasteiger partial charge is 0.390 e. The first-order chi connectivity index (χ1) is 18.3. The van der Waals surface area contributed by atoms with Gasteiger partial charge in [-0.1, -0.05) is 73.1 Å². The fourth-order valence-corrected chi connectivity index (χ4v) is 5.35. The predicted octanol–water partition coefficient (Wildman–Crippen LogP) is 5.80. The molecule has 3 N–H and O–H groups in total. The molecule has 5 nitrogen and oxygen atoms in total. The van der Waals surface area contributed by atoms with Crippen LogP contribution in [0.5, 0.6) is 0 Å². The van der Waals surface area contributed by atoms with Gasteiger partial charge in [-0.25, -0.2) is 8.78 Å². The molecule has 198 valence electrons. The lowest BCUT2D eigenvalue weighted by molar-refractivity contribution is 0.0830. The maximum absolute atomic E-state index is 13.9. The number of carbonyl (C=O) groups excluding carboxylic acids is 1. The van der Waals surface area contributed by atoms with Gasteiger partial charge in [0.25, 0.3) is 5.91 Å². The van der Waals surface area contributed by atoms with Crippen molar-refractivity contribution in [2.45, 2.75) is 38.5 Å². The van der Waals surface area contributed by atoms with E-state index in [0.29, 0.717) is 17.0 Å². The summed E-state index contributed by atoms with van der Waals surface area (Å²) in [5.74, 6) is -1.99. The van der Waals surface area contributed by atoms with Crippen LogP contribution < -0.4 is 10.6 Å².